The second-order valence-corrected chi connectivity index (χ2v) is 14.2. The van der Waals surface area contributed by atoms with Crippen LogP contribution in [0.15, 0.2) is 48.5 Å². The van der Waals surface area contributed by atoms with E-state index in [1.165, 1.54) is 22.5 Å². The molecule has 10 heteroatoms. The Morgan fingerprint density at radius 1 is 0.826 bits per heavy atom. The lowest BCUT2D eigenvalue weighted by Crippen LogP contribution is -2.50. The molecule has 0 unspecified atom stereocenters. The molecule has 0 fully saturated rings. The van der Waals surface area contributed by atoms with E-state index < -0.39 is 41.4 Å². The number of methoxy groups -OCH3 is 1. The topological polar surface area (TPSA) is 114 Å². The summed E-state index contributed by atoms with van der Waals surface area (Å²) in [7, 11) is 1.30. The fourth-order valence-corrected chi connectivity index (χ4v) is 6.32. The van der Waals surface area contributed by atoms with Crippen molar-refractivity contribution in [3.05, 3.63) is 76.4 Å². The van der Waals surface area contributed by atoms with Crippen molar-refractivity contribution in [1.82, 2.24) is 15.1 Å². The molecule has 0 radical (unpaired) electrons. The molecule has 246 valence electrons. The standard InChI is InChI=1S/C36H45N3O7/c1-35(2,3)45-33(42)38-21-26(19-29(38)31(40)37-28-14-10-12-22-11-8-9-13-27(22)28)23-15-16-24-18-30(32(41)44-7)39(20-25(24)17-23)34(43)46-36(4,5)6/h8-9,11,13,15-17,19,28-30H,10,12,14,18,20-21H2,1-7H3,(H,37,40)/t28-,29+,30+/m1/s1. The van der Waals surface area contributed by atoms with Crippen LogP contribution < -0.4 is 5.32 Å². The van der Waals surface area contributed by atoms with Crippen LogP contribution in [0, 0.1) is 0 Å². The maximum absolute atomic E-state index is 13.9. The van der Waals surface area contributed by atoms with Gasteiger partial charge in [0, 0.05) is 6.42 Å². The average Bonchev–Trinajstić information content (AvgIpc) is 3.44. The van der Waals surface area contributed by atoms with E-state index in [2.05, 4.69) is 17.4 Å². The van der Waals surface area contributed by atoms with E-state index in [0.717, 1.165) is 47.1 Å². The number of amides is 3. The van der Waals surface area contributed by atoms with Gasteiger partial charge in [0.05, 0.1) is 26.2 Å². The SMILES string of the molecule is COC(=O)[C@@H]1Cc2ccc(C3=C[C@@H](C(=O)N[C@@H]4CCCc5ccccc54)N(C(=O)OC(C)(C)C)C3)cc2CN1C(=O)OC(C)(C)C. The molecule has 0 aromatic heterocycles. The van der Waals surface area contributed by atoms with Gasteiger partial charge in [-0.05, 0) is 106 Å². The van der Waals surface area contributed by atoms with Gasteiger partial charge in [-0.1, -0.05) is 36.4 Å². The molecular weight excluding hydrogens is 586 g/mol. The molecular formula is C36H45N3O7. The number of nitrogens with one attached hydrogen (secondary N) is 1. The van der Waals surface area contributed by atoms with Gasteiger partial charge in [0.25, 0.3) is 0 Å². The van der Waals surface area contributed by atoms with Gasteiger partial charge in [0.15, 0.2) is 0 Å². The van der Waals surface area contributed by atoms with Crippen molar-refractivity contribution in [3.63, 3.8) is 0 Å². The molecule has 0 bridgehead atoms. The number of nitrogens with zero attached hydrogens (tertiary/aromatic N) is 2. The highest BCUT2D eigenvalue weighted by molar-refractivity contribution is 5.93. The minimum atomic E-state index is -0.864. The Morgan fingerprint density at radius 3 is 2.17 bits per heavy atom. The van der Waals surface area contributed by atoms with Gasteiger partial charge in [-0.3, -0.25) is 14.6 Å². The van der Waals surface area contributed by atoms with Crippen LogP contribution in [0.2, 0.25) is 0 Å². The molecule has 1 aliphatic carbocycles. The Kier molecular flexibility index (Phi) is 9.20. The second kappa shape index (κ2) is 12.8. The van der Waals surface area contributed by atoms with Gasteiger partial charge in [-0.25, -0.2) is 14.4 Å². The number of carbonyl (C=O) groups is 4. The number of esters is 1. The van der Waals surface area contributed by atoms with Crippen molar-refractivity contribution in [2.75, 3.05) is 13.7 Å². The van der Waals surface area contributed by atoms with E-state index in [1.54, 1.807) is 41.5 Å². The van der Waals surface area contributed by atoms with E-state index in [4.69, 9.17) is 14.2 Å². The van der Waals surface area contributed by atoms with E-state index in [1.807, 2.05) is 36.4 Å². The first-order chi connectivity index (χ1) is 21.6. The second-order valence-electron chi connectivity index (χ2n) is 14.2. The Balaban J connectivity index is 1.43. The summed E-state index contributed by atoms with van der Waals surface area (Å²) >= 11 is 0. The van der Waals surface area contributed by atoms with Crippen molar-refractivity contribution in [1.29, 1.82) is 0 Å². The van der Waals surface area contributed by atoms with Gasteiger partial charge in [0.2, 0.25) is 5.91 Å². The normalized spacial score (nSPS) is 21.0. The summed E-state index contributed by atoms with van der Waals surface area (Å²) in [6.07, 6.45) is 3.69. The molecule has 5 rings (SSSR count). The number of aryl methyl sites for hydroxylation is 1. The van der Waals surface area contributed by atoms with Crippen LogP contribution in [0.25, 0.3) is 5.57 Å². The molecule has 3 aliphatic rings. The van der Waals surface area contributed by atoms with Crippen LogP contribution in [0.5, 0.6) is 0 Å². The maximum atomic E-state index is 13.9. The Labute approximate surface area is 271 Å². The molecule has 2 aromatic carbocycles. The molecule has 2 aliphatic heterocycles. The number of hydrogen-bond donors (Lipinski definition) is 1. The van der Waals surface area contributed by atoms with Crippen LogP contribution in [0.3, 0.4) is 0 Å². The molecule has 3 atom stereocenters. The van der Waals surface area contributed by atoms with Crippen LogP contribution >= 0.6 is 0 Å². The van der Waals surface area contributed by atoms with Gasteiger partial charge < -0.3 is 19.5 Å². The van der Waals surface area contributed by atoms with Gasteiger partial charge in [-0.2, -0.15) is 0 Å². The maximum Gasteiger partial charge on any atom is 0.411 e. The summed E-state index contributed by atoms with van der Waals surface area (Å²) in [6, 6.07) is 12.1. The highest BCUT2D eigenvalue weighted by Gasteiger charge is 2.40. The van der Waals surface area contributed by atoms with Crippen LogP contribution in [0.1, 0.15) is 88.2 Å². The zero-order valence-corrected chi connectivity index (χ0v) is 27.8. The fourth-order valence-electron chi connectivity index (χ4n) is 6.32. The first-order valence-electron chi connectivity index (χ1n) is 15.9. The summed E-state index contributed by atoms with van der Waals surface area (Å²) < 4.78 is 16.3. The first-order valence-corrected chi connectivity index (χ1v) is 15.9. The van der Waals surface area contributed by atoms with Gasteiger partial charge >= 0.3 is 18.2 Å². The van der Waals surface area contributed by atoms with E-state index >= 15 is 0 Å². The fraction of sp³-hybridized carbons (Fsp3) is 0.500. The molecule has 2 heterocycles. The lowest BCUT2D eigenvalue weighted by Gasteiger charge is -2.36. The van der Waals surface area contributed by atoms with Crippen LogP contribution in [0.4, 0.5) is 9.59 Å². The smallest absolute Gasteiger partial charge is 0.411 e. The summed E-state index contributed by atoms with van der Waals surface area (Å²) in [5, 5.41) is 3.21. The van der Waals surface area contributed by atoms with Crippen LogP contribution in [-0.2, 0) is 43.2 Å². The minimum absolute atomic E-state index is 0.138. The molecule has 0 spiro atoms. The van der Waals surface area contributed by atoms with Crippen molar-refractivity contribution < 1.29 is 33.4 Å². The predicted octanol–water partition coefficient (Wildman–Crippen LogP) is 5.72. The van der Waals surface area contributed by atoms with E-state index in [-0.39, 0.29) is 31.5 Å². The minimum Gasteiger partial charge on any atom is -0.467 e. The molecule has 0 saturated heterocycles. The summed E-state index contributed by atoms with van der Waals surface area (Å²) in [5.74, 6) is -0.779. The summed E-state index contributed by atoms with van der Waals surface area (Å²) in [5.41, 5.74) is 4.22. The van der Waals surface area contributed by atoms with Crippen LogP contribution in [-0.4, -0.2) is 70.8 Å². The number of rotatable bonds is 4. The van der Waals surface area contributed by atoms with Gasteiger partial charge in [0.1, 0.15) is 23.3 Å². The number of ether oxygens (including phenoxy) is 3. The number of hydrogen-bond acceptors (Lipinski definition) is 7. The Morgan fingerprint density at radius 2 is 1.50 bits per heavy atom. The quantitative estimate of drug-likeness (QED) is 0.339. The number of fused-ring (bicyclic) bond motifs is 2. The Hall–Kier alpha value is -4.34. The van der Waals surface area contributed by atoms with Crippen molar-refractivity contribution in [2.45, 2.75) is 103 Å². The number of benzene rings is 2. The largest absolute Gasteiger partial charge is 0.467 e. The Bertz CT molecular complexity index is 1550. The molecule has 3 amide bonds. The lowest BCUT2D eigenvalue weighted by atomic mass is 9.87. The van der Waals surface area contributed by atoms with E-state index in [0.29, 0.717) is 0 Å². The third kappa shape index (κ3) is 7.37. The van der Waals surface area contributed by atoms with Gasteiger partial charge in [-0.15, -0.1) is 0 Å². The van der Waals surface area contributed by atoms with Crippen molar-refractivity contribution >= 4 is 29.6 Å². The molecule has 1 N–H and O–H groups in total. The highest BCUT2D eigenvalue weighted by atomic mass is 16.6. The number of carbonyl (C=O) groups excluding carboxylic acids is 4. The average molecular weight is 632 g/mol. The lowest BCUT2D eigenvalue weighted by molar-refractivity contribution is -0.147. The zero-order valence-electron chi connectivity index (χ0n) is 27.8. The molecule has 10 nitrogen and oxygen atoms in total. The molecule has 2 aromatic rings. The molecule has 0 saturated carbocycles. The third-order valence-corrected chi connectivity index (χ3v) is 8.43. The van der Waals surface area contributed by atoms with Crippen molar-refractivity contribution in [3.8, 4) is 0 Å². The van der Waals surface area contributed by atoms with E-state index in [9.17, 15) is 19.2 Å². The monoisotopic (exact) mass is 631 g/mol. The van der Waals surface area contributed by atoms with Crippen molar-refractivity contribution in [2.24, 2.45) is 0 Å². The zero-order chi connectivity index (χ0) is 33.4. The third-order valence-electron chi connectivity index (χ3n) is 8.43. The molecule has 46 heavy (non-hydrogen) atoms. The summed E-state index contributed by atoms with van der Waals surface area (Å²) in [6.45, 7) is 11.0. The highest BCUT2D eigenvalue weighted by Crippen LogP contribution is 2.34. The summed E-state index contributed by atoms with van der Waals surface area (Å²) in [4.78, 5) is 56.0. The predicted molar refractivity (Wildman–Crippen MR) is 173 cm³/mol. The first kappa shape index (κ1) is 33.0.